The molecule has 2 aliphatic rings. The molecular formula is C10H17NO. The normalized spacial score (nSPS) is 32.2. The highest BCUT2D eigenvalue weighted by Crippen LogP contribution is 2.52. The van der Waals surface area contributed by atoms with Crippen LogP contribution in [0.2, 0.25) is 0 Å². The van der Waals surface area contributed by atoms with Crippen molar-refractivity contribution in [3.05, 3.63) is 0 Å². The van der Waals surface area contributed by atoms with E-state index in [0.717, 1.165) is 13.0 Å². The van der Waals surface area contributed by atoms with Crippen LogP contribution in [-0.2, 0) is 4.79 Å². The highest BCUT2D eigenvalue weighted by molar-refractivity contribution is 5.80. The predicted octanol–water partition coefficient (Wildman–Crippen LogP) is 1.56. The lowest BCUT2D eigenvalue weighted by atomic mass is 9.81. The third kappa shape index (κ3) is 1.23. The molecule has 1 heterocycles. The van der Waals surface area contributed by atoms with Gasteiger partial charge in [0.1, 0.15) is 0 Å². The lowest BCUT2D eigenvalue weighted by Gasteiger charge is -2.31. The number of nitrogens with one attached hydrogen (secondary N) is 1. The van der Waals surface area contributed by atoms with Crippen molar-refractivity contribution in [2.45, 2.75) is 33.1 Å². The third-order valence-electron chi connectivity index (χ3n) is 3.39. The molecular weight excluding hydrogens is 150 g/mol. The summed E-state index contributed by atoms with van der Waals surface area (Å²) in [6, 6.07) is 0. The molecule has 1 spiro atoms. The number of piperidine rings is 1. The van der Waals surface area contributed by atoms with Crippen LogP contribution < -0.4 is 5.32 Å². The Balaban J connectivity index is 2.05. The van der Waals surface area contributed by atoms with E-state index in [1.165, 1.54) is 12.8 Å². The molecule has 0 aromatic heterocycles. The zero-order valence-corrected chi connectivity index (χ0v) is 7.89. The summed E-state index contributed by atoms with van der Waals surface area (Å²) in [5.41, 5.74) is 0.531. The third-order valence-corrected chi connectivity index (χ3v) is 3.39. The highest BCUT2D eigenvalue weighted by atomic mass is 16.2. The minimum Gasteiger partial charge on any atom is -0.355 e. The Bertz CT molecular complexity index is 206. The summed E-state index contributed by atoms with van der Waals surface area (Å²) in [7, 11) is 0. The predicted molar refractivity (Wildman–Crippen MR) is 47.6 cm³/mol. The Kier molecular flexibility index (Phi) is 1.67. The number of hydrogen-bond acceptors (Lipinski definition) is 1. The van der Waals surface area contributed by atoms with Crippen LogP contribution in [0.3, 0.4) is 0 Å². The molecule has 0 aromatic carbocycles. The van der Waals surface area contributed by atoms with Crippen molar-refractivity contribution in [3.8, 4) is 0 Å². The van der Waals surface area contributed by atoms with Crippen LogP contribution in [0.25, 0.3) is 0 Å². The second kappa shape index (κ2) is 2.48. The number of amides is 1. The second-order valence-electron chi connectivity index (χ2n) is 4.77. The van der Waals surface area contributed by atoms with E-state index in [-0.39, 0.29) is 11.8 Å². The number of carbonyl (C=O) groups excluding carboxylic acids is 1. The average Bonchev–Trinajstić information content (AvgIpc) is 2.76. The van der Waals surface area contributed by atoms with Crippen molar-refractivity contribution >= 4 is 5.91 Å². The van der Waals surface area contributed by atoms with Gasteiger partial charge in [0.05, 0.1) is 0 Å². The van der Waals surface area contributed by atoms with Crippen molar-refractivity contribution < 1.29 is 4.79 Å². The van der Waals surface area contributed by atoms with Crippen LogP contribution in [0.1, 0.15) is 33.1 Å². The maximum atomic E-state index is 11.4. The Morgan fingerprint density at radius 1 is 1.50 bits per heavy atom. The molecule has 2 nitrogen and oxygen atoms in total. The lowest BCUT2D eigenvalue weighted by Crippen LogP contribution is -2.44. The monoisotopic (exact) mass is 167 g/mol. The molecule has 2 fully saturated rings. The molecule has 1 amide bonds. The summed E-state index contributed by atoms with van der Waals surface area (Å²) in [4.78, 5) is 11.4. The van der Waals surface area contributed by atoms with Gasteiger partial charge in [-0.3, -0.25) is 4.79 Å². The SMILES string of the molecule is CC(C)C1CC2(CC2)CNC1=O. The van der Waals surface area contributed by atoms with Gasteiger partial charge in [-0.2, -0.15) is 0 Å². The fraction of sp³-hybridized carbons (Fsp3) is 0.900. The first-order valence-electron chi connectivity index (χ1n) is 4.91. The topological polar surface area (TPSA) is 29.1 Å². The molecule has 0 radical (unpaired) electrons. The van der Waals surface area contributed by atoms with Gasteiger partial charge in [-0.15, -0.1) is 0 Å². The Morgan fingerprint density at radius 2 is 2.17 bits per heavy atom. The zero-order valence-electron chi connectivity index (χ0n) is 7.89. The van der Waals surface area contributed by atoms with Gasteiger partial charge in [0.2, 0.25) is 5.91 Å². The first-order chi connectivity index (χ1) is 5.63. The molecule has 12 heavy (non-hydrogen) atoms. The van der Waals surface area contributed by atoms with E-state index in [4.69, 9.17) is 0 Å². The molecule has 0 aromatic rings. The largest absolute Gasteiger partial charge is 0.355 e. The van der Waals surface area contributed by atoms with Gasteiger partial charge in [0.25, 0.3) is 0 Å². The number of carbonyl (C=O) groups is 1. The van der Waals surface area contributed by atoms with E-state index in [0.29, 0.717) is 11.3 Å². The molecule has 2 rings (SSSR count). The average molecular weight is 167 g/mol. The summed E-state index contributed by atoms with van der Waals surface area (Å²) in [5.74, 6) is 1.06. The van der Waals surface area contributed by atoms with Gasteiger partial charge in [-0.25, -0.2) is 0 Å². The first kappa shape index (κ1) is 8.09. The summed E-state index contributed by atoms with van der Waals surface area (Å²) in [6.07, 6.45) is 3.80. The van der Waals surface area contributed by atoms with E-state index in [9.17, 15) is 4.79 Å². The Morgan fingerprint density at radius 3 is 2.67 bits per heavy atom. The van der Waals surface area contributed by atoms with Gasteiger partial charge < -0.3 is 5.32 Å². The molecule has 1 aliphatic carbocycles. The fourth-order valence-corrected chi connectivity index (χ4v) is 2.13. The van der Waals surface area contributed by atoms with Crippen LogP contribution in [-0.4, -0.2) is 12.5 Å². The summed E-state index contributed by atoms with van der Waals surface area (Å²) < 4.78 is 0. The highest BCUT2D eigenvalue weighted by Gasteiger charge is 2.49. The number of hydrogen-bond donors (Lipinski definition) is 1. The Labute approximate surface area is 73.7 Å². The molecule has 68 valence electrons. The molecule has 1 N–H and O–H groups in total. The maximum Gasteiger partial charge on any atom is 0.223 e. The summed E-state index contributed by atoms with van der Waals surface area (Å²) in [6.45, 7) is 5.23. The van der Waals surface area contributed by atoms with Gasteiger partial charge in [0, 0.05) is 12.5 Å². The summed E-state index contributed by atoms with van der Waals surface area (Å²) >= 11 is 0. The van der Waals surface area contributed by atoms with Crippen molar-refractivity contribution in [1.82, 2.24) is 5.32 Å². The summed E-state index contributed by atoms with van der Waals surface area (Å²) in [5, 5.41) is 3.03. The molecule has 1 unspecified atom stereocenters. The van der Waals surface area contributed by atoms with Crippen LogP contribution in [0.5, 0.6) is 0 Å². The van der Waals surface area contributed by atoms with Crippen molar-refractivity contribution in [2.75, 3.05) is 6.54 Å². The molecule has 1 aliphatic heterocycles. The smallest absolute Gasteiger partial charge is 0.223 e. The standard InChI is InChI=1S/C10H17NO/c1-7(2)8-5-10(3-4-10)6-11-9(8)12/h7-8H,3-6H2,1-2H3,(H,11,12). The van der Waals surface area contributed by atoms with E-state index >= 15 is 0 Å². The van der Waals surface area contributed by atoms with Crippen LogP contribution in [0.4, 0.5) is 0 Å². The van der Waals surface area contributed by atoms with Gasteiger partial charge in [-0.05, 0) is 30.6 Å². The minimum absolute atomic E-state index is 0.279. The molecule has 1 saturated carbocycles. The molecule has 1 saturated heterocycles. The van der Waals surface area contributed by atoms with Gasteiger partial charge in [0.15, 0.2) is 0 Å². The zero-order chi connectivity index (χ0) is 8.77. The van der Waals surface area contributed by atoms with Gasteiger partial charge >= 0.3 is 0 Å². The van der Waals surface area contributed by atoms with Crippen molar-refractivity contribution in [1.29, 1.82) is 0 Å². The van der Waals surface area contributed by atoms with E-state index in [1.807, 2.05) is 0 Å². The maximum absolute atomic E-state index is 11.4. The lowest BCUT2D eigenvalue weighted by molar-refractivity contribution is -0.129. The van der Waals surface area contributed by atoms with E-state index in [2.05, 4.69) is 19.2 Å². The molecule has 0 bridgehead atoms. The van der Waals surface area contributed by atoms with Gasteiger partial charge in [-0.1, -0.05) is 13.8 Å². The number of rotatable bonds is 1. The van der Waals surface area contributed by atoms with E-state index < -0.39 is 0 Å². The van der Waals surface area contributed by atoms with Crippen LogP contribution >= 0.6 is 0 Å². The molecule has 1 atom stereocenters. The van der Waals surface area contributed by atoms with Crippen molar-refractivity contribution in [2.24, 2.45) is 17.3 Å². The van der Waals surface area contributed by atoms with Crippen LogP contribution in [0.15, 0.2) is 0 Å². The fourth-order valence-electron chi connectivity index (χ4n) is 2.13. The van der Waals surface area contributed by atoms with E-state index in [1.54, 1.807) is 0 Å². The molecule has 2 heteroatoms. The second-order valence-corrected chi connectivity index (χ2v) is 4.77. The minimum atomic E-state index is 0.279. The first-order valence-corrected chi connectivity index (χ1v) is 4.91. The van der Waals surface area contributed by atoms with Crippen LogP contribution in [0, 0.1) is 17.3 Å². The Hall–Kier alpha value is -0.530. The van der Waals surface area contributed by atoms with Crippen molar-refractivity contribution in [3.63, 3.8) is 0 Å². The quantitative estimate of drug-likeness (QED) is 0.631.